The summed E-state index contributed by atoms with van der Waals surface area (Å²) in [6, 6.07) is 8.76. The Bertz CT molecular complexity index is 808. The molecule has 2 amide bonds. The highest BCUT2D eigenvalue weighted by Crippen LogP contribution is 2.36. The lowest BCUT2D eigenvalue weighted by Gasteiger charge is -2.29. The molecule has 0 bridgehead atoms. The van der Waals surface area contributed by atoms with Gasteiger partial charge in [-0.05, 0) is 49.7 Å². The number of anilines is 2. The van der Waals surface area contributed by atoms with Gasteiger partial charge in [0.15, 0.2) is 0 Å². The second-order valence-corrected chi connectivity index (χ2v) is 6.96. The highest BCUT2D eigenvalue weighted by Gasteiger charge is 2.29. The lowest BCUT2D eigenvalue weighted by Crippen LogP contribution is -2.41. The molecule has 0 saturated carbocycles. The molecule has 0 fully saturated rings. The van der Waals surface area contributed by atoms with Gasteiger partial charge in [-0.25, -0.2) is 4.98 Å². The zero-order valence-electron chi connectivity index (χ0n) is 13.3. The summed E-state index contributed by atoms with van der Waals surface area (Å²) in [7, 11) is 0. The lowest BCUT2D eigenvalue weighted by atomic mass is 10.2. The van der Waals surface area contributed by atoms with Crippen LogP contribution < -0.4 is 10.2 Å². The molecule has 1 N–H and O–H groups in total. The SMILES string of the molecule is Cc1cc(C)c2c(n1)SCC(=O)N2CC(=O)Nc1ccc(Cl)cc1. The van der Waals surface area contributed by atoms with E-state index in [2.05, 4.69) is 10.3 Å². The molecule has 24 heavy (non-hydrogen) atoms. The first-order valence-corrected chi connectivity index (χ1v) is 8.77. The highest BCUT2D eigenvalue weighted by atomic mass is 35.5. The number of pyridine rings is 1. The van der Waals surface area contributed by atoms with E-state index in [1.165, 1.54) is 16.7 Å². The fraction of sp³-hybridized carbons (Fsp3) is 0.235. The van der Waals surface area contributed by atoms with E-state index in [4.69, 9.17) is 11.6 Å². The molecule has 0 radical (unpaired) electrons. The molecule has 124 valence electrons. The maximum absolute atomic E-state index is 12.3. The van der Waals surface area contributed by atoms with Gasteiger partial charge in [0.1, 0.15) is 11.6 Å². The Balaban J connectivity index is 1.81. The van der Waals surface area contributed by atoms with Crippen LogP contribution in [-0.2, 0) is 9.59 Å². The van der Waals surface area contributed by atoms with Gasteiger partial charge in [0, 0.05) is 16.4 Å². The van der Waals surface area contributed by atoms with Crippen molar-refractivity contribution >= 4 is 46.6 Å². The van der Waals surface area contributed by atoms with Crippen LogP contribution in [0.3, 0.4) is 0 Å². The summed E-state index contributed by atoms with van der Waals surface area (Å²) in [5.41, 5.74) is 3.21. The van der Waals surface area contributed by atoms with Gasteiger partial charge in [-0.15, -0.1) is 0 Å². The quantitative estimate of drug-likeness (QED) is 0.909. The fourth-order valence-corrected chi connectivity index (χ4v) is 3.76. The van der Waals surface area contributed by atoms with Crippen LogP contribution in [0, 0.1) is 13.8 Å². The van der Waals surface area contributed by atoms with Gasteiger partial charge in [0.05, 0.1) is 11.4 Å². The number of rotatable bonds is 3. The zero-order chi connectivity index (χ0) is 17.3. The molecule has 0 atom stereocenters. The Morgan fingerprint density at radius 1 is 1.33 bits per heavy atom. The van der Waals surface area contributed by atoms with E-state index >= 15 is 0 Å². The molecular weight excluding hydrogens is 346 g/mol. The molecule has 2 heterocycles. The number of aryl methyl sites for hydroxylation is 2. The Morgan fingerprint density at radius 3 is 2.75 bits per heavy atom. The van der Waals surface area contributed by atoms with Gasteiger partial charge in [-0.1, -0.05) is 23.4 Å². The van der Waals surface area contributed by atoms with E-state index in [-0.39, 0.29) is 24.1 Å². The van der Waals surface area contributed by atoms with E-state index in [9.17, 15) is 9.59 Å². The number of nitrogens with zero attached hydrogens (tertiary/aromatic N) is 2. The monoisotopic (exact) mass is 361 g/mol. The van der Waals surface area contributed by atoms with E-state index in [0.29, 0.717) is 10.7 Å². The molecule has 3 rings (SSSR count). The largest absolute Gasteiger partial charge is 0.325 e. The molecule has 0 saturated heterocycles. The topological polar surface area (TPSA) is 62.3 Å². The van der Waals surface area contributed by atoms with Gasteiger partial charge in [-0.2, -0.15) is 0 Å². The predicted octanol–water partition coefficient (Wildman–Crippen LogP) is 3.43. The minimum absolute atomic E-state index is 0.0411. The second kappa shape index (κ2) is 6.83. The van der Waals surface area contributed by atoms with Gasteiger partial charge in [-0.3, -0.25) is 14.5 Å². The van der Waals surface area contributed by atoms with Crippen molar-refractivity contribution in [3.8, 4) is 0 Å². The number of hydrogen-bond donors (Lipinski definition) is 1. The summed E-state index contributed by atoms with van der Waals surface area (Å²) >= 11 is 7.25. The summed E-state index contributed by atoms with van der Waals surface area (Å²) in [6.07, 6.45) is 0. The average molecular weight is 362 g/mol. The van der Waals surface area contributed by atoms with Crippen LogP contribution in [0.4, 0.5) is 11.4 Å². The van der Waals surface area contributed by atoms with Crippen molar-refractivity contribution in [2.75, 3.05) is 22.5 Å². The summed E-state index contributed by atoms with van der Waals surface area (Å²) in [5.74, 6) is -0.0621. The van der Waals surface area contributed by atoms with Crippen LogP contribution >= 0.6 is 23.4 Å². The molecular formula is C17H16ClN3O2S. The third-order valence-electron chi connectivity index (χ3n) is 3.61. The van der Waals surface area contributed by atoms with Crippen LogP contribution in [0.1, 0.15) is 11.3 Å². The highest BCUT2D eigenvalue weighted by molar-refractivity contribution is 8.00. The van der Waals surface area contributed by atoms with E-state index < -0.39 is 0 Å². The van der Waals surface area contributed by atoms with Crippen LogP contribution in [0.25, 0.3) is 0 Å². The second-order valence-electron chi connectivity index (χ2n) is 5.56. The third-order valence-corrected chi connectivity index (χ3v) is 4.81. The van der Waals surface area contributed by atoms with Gasteiger partial charge in [0.25, 0.3) is 0 Å². The molecule has 2 aromatic rings. The zero-order valence-corrected chi connectivity index (χ0v) is 14.9. The Hall–Kier alpha value is -2.05. The number of carbonyl (C=O) groups is 2. The van der Waals surface area contributed by atoms with Crippen molar-refractivity contribution in [1.29, 1.82) is 0 Å². The van der Waals surface area contributed by atoms with Crippen LogP contribution in [0.2, 0.25) is 5.02 Å². The number of thioether (sulfide) groups is 1. The Kier molecular flexibility index (Phi) is 4.78. The summed E-state index contributed by atoms with van der Waals surface area (Å²) in [5, 5.41) is 4.18. The summed E-state index contributed by atoms with van der Waals surface area (Å²) < 4.78 is 0. The van der Waals surface area contributed by atoms with E-state index in [1.807, 2.05) is 19.9 Å². The normalized spacial score (nSPS) is 13.6. The first-order valence-electron chi connectivity index (χ1n) is 7.41. The van der Waals surface area contributed by atoms with Crippen LogP contribution in [0.5, 0.6) is 0 Å². The van der Waals surface area contributed by atoms with Crippen LogP contribution in [-0.4, -0.2) is 29.1 Å². The lowest BCUT2D eigenvalue weighted by molar-refractivity contribution is -0.120. The van der Waals surface area contributed by atoms with E-state index in [1.54, 1.807) is 24.3 Å². The third kappa shape index (κ3) is 3.55. The molecule has 0 spiro atoms. The number of aromatic nitrogens is 1. The van der Waals surface area contributed by atoms with Crippen molar-refractivity contribution in [1.82, 2.24) is 4.98 Å². The van der Waals surface area contributed by atoms with Crippen molar-refractivity contribution < 1.29 is 9.59 Å². The number of benzene rings is 1. The van der Waals surface area contributed by atoms with Crippen molar-refractivity contribution in [3.63, 3.8) is 0 Å². The number of carbonyl (C=O) groups excluding carboxylic acids is 2. The number of fused-ring (bicyclic) bond motifs is 1. The molecule has 0 unspecified atom stereocenters. The van der Waals surface area contributed by atoms with Gasteiger partial charge >= 0.3 is 0 Å². The Labute approximate surface area is 149 Å². The fourth-order valence-electron chi connectivity index (χ4n) is 2.60. The maximum Gasteiger partial charge on any atom is 0.244 e. The first-order chi connectivity index (χ1) is 11.4. The average Bonchev–Trinajstić information content (AvgIpc) is 2.52. The minimum Gasteiger partial charge on any atom is -0.325 e. The molecule has 7 heteroatoms. The number of nitrogens with one attached hydrogen (secondary N) is 1. The Morgan fingerprint density at radius 2 is 2.04 bits per heavy atom. The summed E-state index contributed by atoms with van der Waals surface area (Å²) in [6.45, 7) is 3.80. The summed E-state index contributed by atoms with van der Waals surface area (Å²) in [4.78, 5) is 30.6. The molecule has 1 aromatic carbocycles. The number of hydrogen-bond acceptors (Lipinski definition) is 4. The van der Waals surface area contributed by atoms with Crippen molar-refractivity contribution in [2.45, 2.75) is 18.9 Å². The predicted molar refractivity (Wildman–Crippen MR) is 96.9 cm³/mol. The van der Waals surface area contributed by atoms with Crippen LogP contribution in [0.15, 0.2) is 35.4 Å². The smallest absolute Gasteiger partial charge is 0.244 e. The van der Waals surface area contributed by atoms with E-state index in [0.717, 1.165) is 22.0 Å². The molecule has 1 aromatic heterocycles. The number of amides is 2. The van der Waals surface area contributed by atoms with Crippen molar-refractivity contribution in [2.24, 2.45) is 0 Å². The standard InChI is InChI=1S/C17H16ClN3O2S/c1-10-7-11(2)19-17-16(10)21(15(23)9-24-17)8-14(22)20-13-5-3-12(18)4-6-13/h3-7H,8-9H2,1-2H3,(H,20,22). The maximum atomic E-state index is 12.3. The van der Waals surface area contributed by atoms with Crippen molar-refractivity contribution in [3.05, 3.63) is 46.6 Å². The molecule has 1 aliphatic heterocycles. The molecule has 1 aliphatic rings. The first kappa shape index (κ1) is 16.8. The molecule has 5 nitrogen and oxygen atoms in total. The molecule has 0 aliphatic carbocycles. The minimum atomic E-state index is -0.261. The van der Waals surface area contributed by atoms with Gasteiger partial charge < -0.3 is 5.32 Å². The number of halogens is 1. The van der Waals surface area contributed by atoms with Gasteiger partial charge in [0.2, 0.25) is 11.8 Å².